The maximum absolute atomic E-state index is 9.30. The SMILES string of the molecule is CC[C@@H](O)CCCCCCC(C)C. The van der Waals surface area contributed by atoms with E-state index in [2.05, 4.69) is 13.8 Å². The molecule has 0 amide bonds. The zero-order valence-electron chi connectivity index (χ0n) is 9.55. The zero-order chi connectivity index (χ0) is 10.1. The van der Waals surface area contributed by atoms with Gasteiger partial charge in [0.25, 0.3) is 0 Å². The Bertz CT molecular complexity index is 99.3. The molecule has 0 fully saturated rings. The Morgan fingerprint density at radius 2 is 1.46 bits per heavy atom. The van der Waals surface area contributed by atoms with E-state index < -0.39 is 0 Å². The highest BCUT2D eigenvalue weighted by atomic mass is 16.3. The van der Waals surface area contributed by atoms with E-state index in [0.717, 1.165) is 18.8 Å². The maximum Gasteiger partial charge on any atom is 0.0537 e. The molecule has 0 unspecified atom stereocenters. The zero-order valence-corrected chi connectivity index (χ0v) is 9.55. The number of aliphatic hydroxyl groups is 1. The van der Waals surface area contributed by atoms with Gasteiger partial charge in [-0.3, -0.25) is 0 Å². The van der Waals surface area contributed by atoms with Crippen LogP contribution in [0.25, 0.3) is 0 Å². The van der Waals surface area contributed by atoms with Gasteiger partial charge < -0.3 is 5.11 Å². The first-order chi connectivity index (χ1) is 6.16. The molecule has 0 aromatic heterocycles. The molecular formula is C12H26O. The summed E-state index contributed by atoms with van der Waals surface area (Å²) < 4.78 is 0. The summed E-state index contributed by atoms with van der Waals surface area (Å²) in [5.74, 6) is 0.848. The number of unbranched alkanes of at least 4 members (excludes halogenated alkanes) is 3. The molecule has 0 aromatic carbocycles. The number of hydrogen-bond acceptors (Lipinski definition) is 1. The Labute approximate surface area is 83.5 Å². The van der Waals surface area contributed by atoms with Crippen molar-refractivity contribution in [2.24, 2.45) is 5.92 Å². The molecule has 0 heterocycles. The number of aliphatic hydroxyl groups excluding tert-OH is 1. The minimum Gasteiger partial charge on any atom is -0.393 e. The third kappa shape index (κ3) is 9.88. The summed E-state index contributed by atoms with van der Waals surface area (Å²) in [4.78, 5) is 0. The molecule has 0 rings (SSSR count). The smallest absolute Gasteiger partial charge is 0.0537 e. The predicted octanol–water partition coefficient (Wildman–Crippen LogP) is 3.75. The van der Waals surface area contributed by atoms with Crippen LogP contribution in [0.5, 0.6) is 0 Å². The topological polar surface area (TPSA) is 20.2 Å². The lowest BCUT2D eigenvalue weighted by Gasteiger charge is -2.07. The second kappa shape index (κ2) is 8.55. The summed E-state index contributed by atoms with van der Waals surface area (Å²) in [5.41, 5.74) is 0. The molecule has 0 saturated carbocycles. The van der Waals surface area contributed by atoms with E-state index in [0.29, 0.717) is 0 Å². The molecule has 1 atom stereocenters. The summed E-state index contributed by atoms with van der Waals surface area (Å²) >= 11 is 0. The third-order valence-corrected chi connectivity index (χ3v) is 2.54. The van der Waals surface area contributed by atoms with Crippen LogP contribution in [0.3, 0.4) is 0 Å². The fourth-order valence-electron chi connectivity index (χ4n) is 1.49. The largest absolute Gasteiger partial charge is 0.393 e. The molecule has 0 spiro atoms. The third-order valence-electron chi connectivity index (χ3n) is 2.54. The molecule has 0 aliphatic carbocycles. The first-order valence-electron chi connectivity index (χ1n) is 5.84. The lowest BCUT2D eigenvalue weighted by molar-refractivity contribution is 0.156. The fourth-order valence-corrected chi connectivity index (χ4v) is 1.49. The molecule has 0 aliphatic rings. The van der Waals surface area contributed by atoms with Gasteiger partial charge in [0, 0.05) is 0 Å². The molecule has 0 aromatic rings. The average Bonchev–Trinajstić information content (AvgIpc) is 2.10. The molecular weight excluding hydrogens is 160 g/mol. The van der Waals surface area contributed by atoms with Crippen LogP contribution in [0, 0.1) is 5.92 Å². The van der Waals surface area contributed by atoms with Crippen molar-refractivity contribution in [3.8, 4) is 0 Å². The van der Waals surface area contributed by atoms with Gasteiger partial charge in [-0.05, 0) is 18.8 Å². The molecule has 0 radical (unpaired) electrons. The van der Waals surface area contributed by atoms with Crippen LogP contribution in [-0.2, 0) is 0 Å². The van der Waals surface area contributed by atoms with E-state index in [1.807, 2.05) is 6.92 Å². The van der Waals surface area contributed by atoms with Gasteiger partial charge in [0.1, 0.15) is 0 Å². The first-order valence-corrected chi connectivity index (χ1v) is 5.84. The highest BCUT2D eigenvalue weighted by molar-refractivity contribution is 4.53. The summed E-state index contributed by atoms with van der Waals surface area (Å²) in [6, 6.07) is 0. The van der Waals surface area contributed by atoms with Crippen molar-refractivity contribution in [3.63, 3.8) is 0 Å². The number of hydrogen-bond donors (Lipinski definition) is 1. The predicted molar refractivity (Wildman–Crippen MR) is 58.8 cm³/mol. The molecule has 0 aliphatic heterocycles. The van der Waals surface area contributed by atoms with Gasteiger partial charge in [-0.1, -0.05) is 52.9 Å². The monoisotopic (exact) mass is 186 g/mol. The van der Waals surface area contributed by atoms with Crippen molar-refractivity contribution < 1.29 is 5.11 Å². The van der Waals surface area contributed by atoms with Gasteiger partial charge in [0.15, 0.2) is 0 Å². The molecule has 1 N–H and O–H groups in total. The van der Waals surface area contributed by atoms with E-state index in [4.69, 9.17) is 0 Å². The van der Waals surface area contributed by atoms with Crippen molar-refractivity contribution >= 4 is 0 Å². The molecule has 1 heteroatoms. The van der Waals surface area contributed by atoms with Crippen LogP contribution in [0.1, 0.15) is 65.7 Å². The van der Waals surface area contributed by atoms with Crippen LogP contribution >= 0.6 is 0 Å². The lowest BCUT2D eigenvalue weighted by Crippen LogP contribution is -2.03. The van der Waals surface area contributed by atoms with Crippen molar-refractivity contribution in [2.75, 3.05) is 0 Å². The van der Waals surface area contributed by atoms with E-state index in [1.54, 1.807) is 0 Å². The normalized spacial score (nSPS) is 13.6. The van der Waals surface area contributed by atoms with Crippen LogP contribution in [-0.4, -0.2) is 11.2 Å². The summed E-state index contributed by atoms with van der Waals surface area (Å²) in [6.07, 6.45) is 8.41. The van der Waals surface area contributed by atoms with E-state index >= 15 is 0 Å². The van der Waals surface area contributed by atoms with Gasteiger partial charge in [0.05, 0.1) is 6.10 Å². The summed E-state index contributed by atoms with van der Waals surface area (Å²) in [7, 11) is 0. The van der Waals surface area contributed by atoms with Crippen molar-refractivity contribution in [1.29, 1.82) is 0 Å². The standard InChI is InChI=1S/C12H26O/c1-4-12(13)10-8-6-5-7-9-11(2)3/h11-13H,4-10H2,1-3H3/t12-/m1/s1. The second-order valence-electron chi connectivity index (χ2n) is 4.45. The Morgan fingerprint density at radius 3 is 1.92 bits per heavy atom. The Hall–Kier alpha value is -0.0400. The summed E-state index contributed by atoms with van der Waals surface area (Å²) in [6.45, 7) is 6.60. The maximum atomic E-state index is 9.30. The van der Waals surface area contributed by atoms with Crippen LogP contribution in [0.15, 0.2) is 0 Å². The quantitative estimate of drug-likeness (QED) is 0.572. The molecule has 13 heavy (non-hydrogen) atoms. The molecule has 0 bridgehead atoms. The summed E-state index contributed by atoms with van der Waals surface area (Å²) in [5, 5.41) is 9.30. The van der Waals surface area contributed by atoms with Crippen molar-refractivity contribution in [3.05, 3.63) is 0 Å². The van der Waals surface area contributed by atoms with E-state index in [1.165, 1.54) is 32.1 Å². The first kappa shape index (κ1) is 13.0. The minimum absolute atomic E-state index is 0.0508. The minimum atomic E-state index is -0.0508. The highest BCUT2D eigenvalue weighted by Gasteiger charge is 1.99. The molecule has 0 saturated heterocycles. The number of rotatable bonds is 8. The van der Waals surface area contributed by atoms with Gasteiger partial charge in [-0.2, -0.15) is 0 Å². The second-order valence-corrected chi connectivity index (χ2v) is 4.45. The molecule has 1 nitrogen and oxygen atoms in total. The Balaban J connectivity index is 2.99. The average molecular weight is 186 g/mol. The van der Waals surface area contributed by atoms with Gasteiger partial charge in [0.2, 0.25) is 0 Å². The van der Waals surface area contributed by atoms with Crippen molar-refractivity contribution in [2.45, 2.75) is 71.8 Å². The Morgan fingerprint density at radius 1 is 0.923 bits per heavy atom. The van der Waals surface area contributed by atoms with Gasteiger partial charge in [-0.25, -0.2) is 0 Å². The van der Waals surface area contributed by atoms with Crippen LogP contribution < -0.4 is 0 Å². The van der Waals surface area contributed by atoms with E-state index in [-0.39, 0.29) is 6.10 Å². The van der Waals surface area contributed by atoms with Crippen LogP contribution in [0.4, 0.5) is 0 Å². The van der Waals surface area contributed by atoms with Crippen molar-refractivity contribution in [1.82, 2.24) is 0 Å². The highest BCUT2D eigenvalue weighted by Crippen LogP contribution is 2.11. The lowest BCUT2D eigenvalue weighted by atomic mass is 10.0. The van der Waals surface area contributed by atoms with Gasteiger partial charge >= 0.3 is 0 Å². The van der Waals surface area contributed by atoms with Crippen LogP contribution in [0.2, 0.25) is 0 Å². The fraction of sp³-hybridized carbons (Fsp3) is 1.00. The van der Waals surface area contributed by atoms with Gasteiger partial charge in [-0.15, -0.1) is 0 Å². The Kier molecular flexibility index (Phi) is 8.53. The molecule has 80 valence electrons. The van der Waals surface area contributed by atoms with E-state index in [9.17, 15) is 5.11 Å².